The van der Waals surface area contributed by atoms with E-state index in [2.05, 4.69) is 30.7 Å². The van der Waals surface area contributed by atoms with Crippen LogP contribution >= 0.6 is 0 Å². The van der Waals surface area contributed by atoms with Crippen molar-refractivity contribution in [1.82, 2.24) is 34.6 Å². The molecule has 4 aromatic heterocycles. The zero-order chi connectivity index (χ0) is 24.5. The number of benzene rings is 1. The number of hydrogen-bond acceptors (Lipinski definition) is 7. The molecule has 0 bridgehead atoms. The third-order valence-corrected chi connectivity index (χ3v) is 5.03. The van der Waals surface area contributed by atoms with Gasteiger partial charge in [0.1, 0.15) is 22.8 Å². The molecule has 0 spiro atoms. The van der Waals surface area contributed by atoms with Crippen molar-refractivity contribution in [3.05, 3.63) is 66.5 Å². The maximum Gasteiger partial charge on any atom is 0.387 e. The van der Waals surface area contributed by atoms with Crippen LogP contribution in [0.1, 0.15) is 16.1 Å². The minimum Gasteiger partial charge on any atom is -0.454 e. The predicted molar refractivity (Wildman–Crippen MR) is 120 cm³/mol. The second-order valence-electron chi connectivity index (χ2n) is 7.46. The van der Waals surface area contributed by atoms with Crippen LogP contribution in [0.3, 0.4) is 0 Å². The lowest BCUT2D eigenvalue weighted by Gasteiger charge is -2.13. The predicted octanol–water partition coefficient (Wildman–Crippen LogP) is 3.81. The second kappa shape index (κ2) is 8.85. The molecule has 1 amide bonds. The summed E-state index contributed by atoms with van der Waals surface area (Å²) < 4.78 is 39.8. The third kappa shape index (κ3) is 4.38. The lowest BCUT2D eigenvalue weighted by molar-refractivity contribution is -0.0494. The fraction of sp³-hybridized carbons (Fsp3) is 0.136. The van der Waals surface area contributed by atoms with Gasteiger partial charge in [-0.1, -0.05) is 0 Å². The van der Waals surface area contributed by atoms with Crippen molar-refractivity contribution >= 4 is 17.2 Å². The number of hydrogen-bond donors (Lipinski definition) is 2. The van der Waals surface area contributed by atoms with E-state index >= 15 is 0 Å². The fourth-order valence-electron chi connectivity index (χ4n) is 3.48. The van der Waals surface area contributed by atoms with Crippen LogP contribution < -0.4 is 14.8 Å². The molecule has 0 radical (unpaired) electrons. The normalized spacial score (nSPS) is 11.2. The van der Waals surface area contributed by atoms with Gasteiger partial charge in [-0.3, -0.25) is 14.6 Å². The number of H-pyrrole nitrogens is 1. The van der Waals surface area contributed by atoms with Gasteiger partial charge in [0.05, 0.1) is 29.3 Å². The van der Waals surface area contributed by atoms with E-state index in [0.29, 0.717) is 22.8 Å². The van der Waals surface area contributed by atoms with Crippen molar-refractivity contribution in [2.75, 3.05) is 5.32 Å². The molecule has 11 nitrogen and oxygen atoms in total. The Morgan fingerprint density at radius 3 is 2.86 bits per heavy atom. The first-order valence-electron chi connectivity index (χ1n) is 10.3. The van der Waals surface area contributed by atoms with Crippen LogP contribution in [0.5, 0.6) is 17.2 Å². The number of halogens is 2. The van der Waals surface area contributed by atoms with Crippen molar-refractivity contribution < 1.29 is 23.0 Å². The summed E-state index contributed by atoms with van der Waals surface area (Å²) in [6.45, 7) is -1.29. The molecular weight excluding hydrogens is 462 g/mol. The fourth-order valence-corrected chi connectivity index (χ4v) is 3.48. The Bertz CT molecular complexity index is 1520. The maximum atomic E-state index is 13.1. The molecule has 0 aliphatic rings. The second-order valence-corrected chi connectivity index (χ2v) is 7.46. The van der Waals surface area contributed by atoms with Crippen molar-refractivity contribution in [2.24, 2.45) is 7.05 Å². The molecule has 0 unspecified atom stereocenters. The van der Waals surface area contributed by atoms with E-state index in [1.54, 1.807) is 38.6 Å². The van der Waals surface area contributed by atoms with Gasteiger partial charge in [0.2, 0.25) is 0 Å². The average molecular weight is 480 g/mol. The molecule has 0 aliphatic heterocycles. The highest BCUT2D eigenvalue weighted by Gasteiger charge is 2.22. The summed E-state index contributed by atoms with van der Waals surface area (Å²) in [5, 5.41) is 17.9. The van der Waals surface area contributed by atoms with E-state index in [-0.39, 0.29) is 28.3 Å². The summed E-state index contributed by atoms with van der Waals surface area (Å²) in [6, 6.07) is 6.02. The number of aromatic amines is 1. The molecule has 5 aromatic rings. The number of amides is 1. The Labute approximate surface area is 196 Å². The summed E-state index contributed by atoms with van der Waals surface area (Å²) >= 11 is 0. The van der Waals surface area contributed by atoms with Gasteiger partial charge in [-0.15, -0.1) is 0 Å². The molecule has 5 rings (SSSR count). The lowest BCUT2D eigenvalue weighted by atomic mass is 10.1. The zero-order valence-corrected chi connectivity index (χ0v) is 18.4. The molecule has 0 aliphatic carbocycles. The highest BCUT2D eigenvalue weighted by molar-refractivity contribution is 6.09. The highest BCUT2D eigenvalue weighted by atomic mass is 19.3. The van der Waals surface area contributed by atoms with Gasteiger partial charge >= 0.3 is 6.61 Å². The van der Waals surface area contributed by atoms with E-state index in [9.17, 15) is 13.6 Å². The van der Waals surface area contributed by atoms with E-state index < -0.39 is 12.5 Å². The highest BCUT2D eigenvalue weighted by Crippen LogP contribution is 2.39. The molecule has 0 atom stereocenters. The molecular formula is C22H18F2N8O3. The van der Waals surface area contributed by atoms with Gasteiger partial charge in [0.25, 0.3) is 5.91 Å². The summed E-state index contributed by atoms with van der Waals surface area (Å²) in [6.07, 6.45) is 7.64. The lowest BCUT2D eigenvalue weighted by Crippen LogP contribution is -2.12. The van der Waals surface area contributed by atoms with Crippen molar-refractivity contribution in [3.63, 3.8) is 0 Å². The molecule has 13 heteroatoms. The number of carbonyl (C=O) groups excluding carboxylic acids is 1. The van der Waals surface area contributed by atoms with Crippen LogP contribution in [-0.4, -0.2) is 47.1 Å². The molecule has 35 heavy (non-hydrogen) atoms. The average Bonchev–Trinajstić information content (AvgIpc) is 3.53. The molecule has 4 heterocycles. The number of rotatable bonds is 7. The summed E-state index contributed by atoms with van der Waals surface area (Å²) in [7, 11) is 1.64. The van der Waals surface area contributed by atoms with Gasteiger partial charge < -0.3 is 14.8 Å². The molecule has 1 aromatic carbocycles. The molecule has 0 saturated heterocycles. The number of anilines is 1. The number of carbonyl (C=O) groups is 1. The van der Waals surface area contributed by atoms with Crippen molar-refractivity contribution in [2.45, 2.75) is 13.5 Å². The van der Waals surface area contributed by atoms with Crippen molar-refractivity contribution in [1.29, 1.82) is 0 Å². The van der Waals surface area contributed by atoms with Crippen LogP contribution in [0.4, 0.5) is 14.5 Å². The Kier molecular flexibility index (Phi) is 5.57. The van der Waals surface area contributed by atoms with E-state index in [1.807, 2.05) is 0 Å². The smallest absolute Gasteiger partial charge is 0.387 e. The van der Waals surface area contributed by atoms with E-state index in [0.717, 1.165) is 0 Å². The number of aromatic nitrogens is 7. The largest absolute Gasteiger partial charge is 0.454 e. The molecule has 0 saturated carbocycles. The number of nitrogens with one attached hydrogen (secondary N) is 2. The van der Waals surface area contributed by atoms with Crippen LogP contribution in [0.15, 0.2) is 55.2 Å². The van der Waals surface area contributed by atoms with Crippen LogP contribution in [-0.2, 0) is 7.05 Å². The quantitative estimate of drug-likeness (QED) is 0.363. The van der Waals surface area contributed by atoms with Crippen LogP contribution in [0.25, 0.3) is 16.9 Å². The minimum absolute atomic E-state index is 0.136. The molecule has 2 N–H and O–H groups in total. The molecule has 0 fully saturated rings. The van der Waals surface area contributed by atoms with E-state index in [4.69, 9.17) is 9.47 Å². The standard InChI is InChI=1S/C22H18F2N8O3/c1-12-18(10-26-29-12)34-13-4-5-17(35-22(23)24)14(8-13)19-16(11-31(2)30-19)28-21(33)15-9-27-32-7-3-6-25-20(15)32/h3-11,22H,1-2H3,(H,26,29)(H,28,33). The maximum absolute atomic E-state index is 13.1. The number of nitrogens with zero attached hydrogens (tertiary/aromatic N) is 6. The number of ether oxygens (including phenoxy) is 2. The van der Waals surface area contributed by atoms with Gasteiger partial charge in [-0.05, 0) is 31.2 Å². The SMILES string of the molecule is Cc1[nH]ncc1Oc1ccc(OC(F)F)c(-c2nn(C)cc2NC(=O)c2cnn3cccnc23)c1. The third-order valence-electron chi connectivity index (χ3n) is 5.03. The Balaban J connectivity index is 1.53. The monoisotopic (exact) mass is 480 g/mol. The summed E-state index contributed by atoms with van der Waals surface area (Å²) in [4.78, 5) is 17.2. The number of aryl methyl sites for hydroxylation is 2. The van der Waals surface area contributed by atoms with E-state index in [1.165, 1.54) is 39.8 Å². The van der Waals surface area contributed by atoms with Crippen LogP contribution in [0.2, 0.25) is 0 Å². The van der Waals surface area contributed by atoms with Crippen LogP contribution in [0, 0.1) is 6.92 Å². The first-order valence-corrected chi connectivity index (χ1v) is 10.3. The van der Waals surface area contributed by atoms with Gasteiger partial charge in [-0.25, -0.2) is 9.50 Å². The minimum atomic E-state index is -3.07. The number of fused-ring (bicyclic) bond motifs is 1. The Hall–Kier alpha value is -4.81. The first kappa shape index (κ1) is 22.0. The number of alkyl halides is 2. The Morgan fingerprint density at radius 1 is 1.23 bits per heavy atom. The zero-order valence-electron chi connectivity index (χ0n) is 18.4. The Morgan fingerprint density at radius 2 is 2.09 bits per heavy atom. The van der Waals surface area contributed by atoms with Gasteiger partial charge in [-0.2, -0.15) is 24.1 Å². The van der Waals surface area contributed by atoms with Gasteiger partial charge in [0.15, 0.2) is 11.4 Å². The summed E-state index contributed by atoms with van der Waals surface area (Å²) in [5.74, 6) is 0.170. The molecule has 178 valence electrons. The van der Waals surface area contributed by atoms with Gasteiger partial charge in [0, 0.05) is 25.6 Å². The summed E-state index contributed by atoms with van der Waals surface area (Å²) in [5.41, 5.74) is 1.95. The topological polar surface area (TPSA) is 124 Å². The first-order chi connectivity index (χ1) is 16.9. The van der Waals surface area contributed by atoms with Crippen molar-refractivity contribution in [3.8, 4) is 28.5 Å².